The molecule has 2 N–H and O–H groups in total. The molecule has 0 spiro atoms. The van der Waals surface area contributed by atoms with Gasteiger partial charge >= 0.3 is 6.03 Å². The molecule has 1 unspecified atom stereocenters. The summed E-state index contributed by atoms with van der Waals surface area (Å²) in [5.74, 6) is 0.959. The van der Waals surface area contributed by atoms with Crippen molar-refractivity contribution in [2.45, 2.75) is 32.4 Å². The first-order valence-electron chi connectivity index (χ1n) is 10.9. The highest BCUT2D eigenvalue weighted by Crippen LogP contribution is 2.40. The Bertz CT molecular complexity index is 1130. The fourth-order valence-electron chi connectivity index (χ4n) is 4.22. The van der Waals surface area contributed by atoms with Crippen molar-refractivity contribution in [1.29, 1.82) is 0 Å². The maximum atomic E-state index is 13.1. The zero-order chi connectivity index (χ0) is 23.5. The lowest BCUT2D eigenvalue weighted by Gasteiger charge is -2.25. The molecule has 0 radical (unpaired) electrons. The number of thiophene rings is 1. The largest absolute Gasteiger partial charge is 0.495 e. The normalized spacial score (nSPS) is 14.5. The number of urea groups is 1. The van der Waals surface area contributed by atoms with Crippen LogP contribution < -0.4 is 20.1 Å². The number of rotatable bonds is 7. The molecule has 3 heterocycles. The minimum absolute atomic E-state index is 0.134. The van der Waals surface area contributed by atoms with E-state index in [4.69, 9.17) is 21.1 Å². The number of hydrogen-bond acceptors (Lipinski definition) is 5. The number of likely N-dealkylation sites (N-methyl/N-ethyl adjacent to an activating group) is 1. The summed E-state index contributed by atoms with van der Waals surface area (Å²) in [4.78, 5) is 16.8. The number of nitrogens with zero attached hydrogens (tertiary/aromatic N) is 2. The van der Waals surface area contributed by atoms with E-state index < -0.39 is 0 Å². The third-order valence-corrected chi connectivity index (χ3v) is 7.43. The summed E-state index contributed by atoms with van der Waals surface area (Å²) in [5.41, 5.74) is 3.05. The zero-order valence-corrected chi connectivity index (χ0v) is 20.8. The van der Waals surface area contributed by atoms with Gasteiger partial charge in [-0.25, -0.2) is 4.79 Å². The van der Waals surface area contributed by atoms with Gasteiger partial charge in [-0.1, -0.05) is 18.5 Å². The number of fused-ring (bicyclic) bond motifs is 1. The lowest BCUT2D eigenvalue weighted by atomic mass is 9.96. The lowest BCUT2D eigenvalue weighted by molar-refractivity contribution is 0.248. The van der Waals surface area contributed by atoms with E-state index in [0.29, 0.717) is 22.2 Å². The second-order valence-electron chi connectivity index (χ2n) is 8.05. The number of aromatic nitrogens is 1. The molecule has 0 bridgehead atoms. The van der Waals surface area contributed by atoms with Crippen LogP contribution in [0.4, 0.5) is 10.5 Å². The monoisotopic (exact) mass is 488 g/mol. The van der Waals surface area contributed by atoms with Crippen molar-refractivity contribution < 1.29 is 14.3 Å². The molecule has 33 heavy (non-hydrogen) atoms. The number of hydrogen-bond donors (Lipinski definition) is 2. The van der Waals surface area contributed by atoms with Crippen LogP contribution >= 0.6 is 22.9 Å². The summed E-state index contributed by atoms with van der Waals surface area (Å²) in [6.07, 6.45) is 5.85. The van der Waals surface area contributed by atoms with Crippen LogP contribution in [0.25, 0.3) is 5.00 Å². The van der Waals surface area contributed by atoms with Crippen molar-refractivity contribution >= 4 is 34.7 Å². The number of benzene rings is 1. The minimum atomic E-state index is -0.312. The van der Waals surface area contributed by atoms with E-state index in [1.165, 1.54) is 23.1 Å². The third-order valence-electron chi connectivity index (χ3n) is 5.89. The average molecular weight is 489 g/mol. The molecule has 1 aromatic carbocycles. The van der Waals surface area contributed by atoms with E-state index in [0.717, 1.165) is 30.9 Å². The first-order chi connectivity index (χ1) is 15.9. The van der Waals surface area contributed by atoms with Gasteiger partial charge in [0.05, 0.1) is 31.0 Å². The Morgan fingerprint density at radius 3 is 2.61 bits per heavy atom. The lowest BCUT2D eigenvalue weighted by Crippen LogP contribution is -2.34. The van der Waals surface area contributed by atoms with Gasteiger partial charge in [-0.15, -0.1) is 11.3 Å². The van der Waals surface area contributed by atoms with Gasteiger partial charge in [0, 0.05) is 42.0 Å². The Morgan fingerprint density at radius 1 is 1.21 bits per heavy atom. The molecule has 7 nitrogen and oxygen atoms in total. The number of amides is 2. The molecule has 0 aliphatic carbocycles. The molecule has 1 aliphatic heterocycles. The molecule has 1 atom stereocenters. The SMILES string of the molecule is CCC(NC(=O)Nc1cc(Cl)c(OC)cc1OC)c1c(-n2cccc2)sc2c1CCN(C)C2. The fraction of sp³-hybridized carbons (Fsp3) is 0.375. The highest BCUT2D eigenvalue weighted by atomic mass is 35.5. The van der Waals surface area contributed by atoms with E-state index in [1.807, 2.05) is 23.5 Å². The van der Waals surface area contributed by atoms with Crippen molar-refractivity contribution in [2.75, 3.05) is 33.1 Å². The van der Waals surface area contributed by atoms with Crippen LogP contribution in [-0.2, 0) is 13.0 Å². The van der Waals surface area contributed by atoms with Crippen molar-refractivity contribution in [1.82, 2.24) is 14.8 Å². The summed E-state index contributed by atoms with van der Waals surface area (Å²) in [7, 11) is 5.22. The number of carbonyl (C=O) groups is 1. The van der Waals surface area contributed by atoms with Crippen LogP contribution in [0.5, 0.6) is 11.5 Å². The van der Waals surface area contributed by atoms with Crippen LogP contribution in [0.2, 0.25) is 5.02 Å². The van der Waals surface area contributed by atoms with Crippen LogP contribution in [0.3, 0.4) is 0 Å². The van der Waals surface area contributed by atoms with Gasteiger partial charge in [0.2, 0.25) is 0 Å². The smallest absolute Gasteiger partial charge is 0.319 e. The molecule has 176 valence electrons. The molecular weight excluding hydrogens is 460 g/mol. The Morgan fingerprint density at radius 2 is 1.94 bits per heavy atom. The fourth-order valence-corrected chi connectivity index (χ4v) is 5.91. The quantitative estimate of drug-likeness (QED) is 0.462. The number of nitrogens with one attached hydrogen (secondary N) is 2. The minimum Gasteiger partial charge on any atom is -0.495 e. The molecule has 0 saturated carbocycles. The zero-order valence-electron chi connectivity index (χ0n) is 19.3. The first-order valence-corrected chi connectivity index (χ1v) is 12.1. The molecular formula is C24H29ClN4O3S. The van der Waals surface area contributed by atoms with Crippen molar-refractivity contribution in [3.8, 4) is 16.5 Å². The Labute approximate surface area is 203 Å². The third kappa shape index (κ3) is 4.83. The van der Waals surface area contributed by atoms with Gasteiger partial charge < -0.3 is 29.6 Å². The molecule has 4 rings (SSSR count). The van der Waals surface area contributed by atoms with E-state index >= 15 is 0 Å². The van der Waals surface area contributed by atoms with Gasteiger partial charge in [-0.2, -0.15) is 0 Å². The average Bonchev–Trinajstić information content (AvgIpc) is 3.45. The molecule has 0 saturated heterocycles. The van der Waals surface area contributed by atoms with Gasteiger partial charge in [-0.3, -0.25) is 0 Å². The van der Waals surface area contributed by atoms with E-state index in [-0.39, 0.29) is 12.1 Å². The number of ether oxygens (including phenoxy) is 2. The maximum absolute atomic E-state index is 13.1. The molecule has 1 aliphatic rings. The van der Waals surface area contributed by atoms with Crippen LogP contribution in [-0.4, -0.2) is 43.3 Å². The van der Waals surface area contributed by atoms with Crippen LogP contribution in [0, 0.1) is 0 Å². The summed E-state index contributed by atoms with van der Waals surface area (Å²) in [5, 5.41) is 7.63. The molecule has 2 amide bonds. The van der Waals surface area contributed by atoms with Crippen LogP contribution in [0.15, 0.2) is 36.7 Å². The van der Waals surface area contributed by atoms with Crippen LogP contribution in [0.1, 0.15) is 35.4 Å². The highest BCUT2D eigenvalue weighted by molar-refractivity contribution is 7.15. The topological polar surface area (TPSA) is 67.8 Å². The standard InChI is InChI=1S/C24H29ClN4O3S/c1-5-17(26-24(30)27-18-12-16(25)19(31-3)13-20(18)32-4)22-15-8-11-28(2)14-21(15)33-23(22)29-9-6-7-10-29/h6-7,9-10,12-13,17H,5,8,11,14H2,1-4H3,(H2,26,27,30). The summed E-state index contributed by atoms with van der Waals surface area (Å²) in [6, 6.07) is 6.89. The summed E-state index contributed by atoms with van der Waals surface area (Å²) in [6.45, 7) is 4.03. The Balaban J connectivity index is 1.63. The Kier molecular flexibility index (Phi) is 7.17. The van der Waals surface area contributed by atoms with Gasteiger partial charge in [-0.05, 0) is 43.7 Å². The predicted molar refractivity (Wildman–Crippen MR) is 133 cm³/mol. The van der Waals surface area contributed by atoms with Crippen molar-refractivity contribution in [3.05, 3.63) is 57.7 Å². The first kappa shape index (κ1) is 23.5. The van der Waals surface area contributed by atoms with E-state index in [9.17, 15) is 4.79 Å². The second-order valence-corrected chi connectivity index (χ2v) is 9.54. The maximum Gasteiger partial charge on any atom is 0.319 e. The number of methoxy groups -OCH3 is 2. The van der Waals surface area contributed by atoms with Gasteiger partial charge in [0.1, 0.15) is 16.5 Å². The predicted octanol–water partition coefficient (Wildman–Crippen LogP) is 5.47. The molecule has 9 heteroatoms. The van der Waals surface area contributed by atoms with Crippen molar-refractivity contribution in [2.24, 2.45) is 0 Å². The van der Waals surface area contributed by atoms with E-state index in [2.05, 4.69) is 46.5 Å². The van der Waals surface area contributed by atoms with Gasteiger partial charge in [0.15, 0.2) is 0 Å². The summed E-state index contributed by atoms with van der Waals surface area (Å²) >= 11 is 8.08. The van der Waals surface area contributed by atoms with E-state index in [1.54, 1.807) is 19.2 Å². The number of halogens is 1. The van der Waals surface area contributed by atoms with Gasteiger partial charge in [0.25, 0.3) is 0 Å². The number of anilines is 1. The second kappa shape index (κ2) is 10.1. The molecule has 0 fully saturated rings. The molecule has 3 aromatic rings. The number of carbonyl (C=O) groups excluding carboxylic acids is 1. The van der Waals surface area contributed by atoms with Crippen molar-refractivity contribution in [3.63, 3.8) is 0 Å². The Hall–Kier alpha value is -2.68. The highest BCUT2D eigenvalue weighted by Gasteiger charge is 2.29. The molecule has 2 aromatic heterocycles. The summed E-state index contributed by atoms with van der Waals surface area (Å²) < 4.78 is 12.8.